The first-order valence-electron chi connectivity index (χ1n) is 8.04. The van der Waals surface area contributed by atoms with Crippen molar-refractivity contribution in [3.63, 3.8) is 0 Å². The van der Waals surface area contributed by atoms with Crippen LogP contribution in [0.25, 0.3) is 6.08 Å². The SMILES string of the molecule is [CH2-][NH2+]C(=Cc1ccc(OC)cc1)C1([NH2+][CH2-])CC2(O)C=CC(=O)CC21. The molecule has 5 N–H and O–H groups in total. The lowest BCUT2D eigenvalue weighted by Crippen LogP contribution is -3.05. The molecule has 0 spiro atoms. The molecular formula is C19H24N2O3. The summed E-state index contributed by atoms with van der Waals surface area (Å²) in [6.07, 6.45) is 6.01. The lowest BCUT2D eigenvalue weighted by atomic mass is 9.51. The molecule has 0 bridgehead atoms. The van der Waals surface area contributed by atoms with Gasteiger partial charge in [-0.2, -0.15) is 7.05 Å². The van der Waals surface area contributed by atoms with Crippen LogP contribution in [0.4, 0.5) is 0 Å². The van der Waals surface area contributed by atoms with Crippen molar-refractivity contribution in [1.29, 1.82) is 0 Å². The van der Waals surface area contributed by atoms with Gasteiger partial charge in [0.1, 0.15) is 11.4 Å². The zero-order valence-electron chi connectivity index (χ0n) is 13.9. The Morgan fingerprint density at radius 2 is 2.08 bits per heavy atom. The Kier molecular flexibility index (Phi) is 4.34. The van der Waals surface area contributed by atoms with Crippen LogP contribution in [0.5, 0.6) is 5.75 Å². The molecule has 0 heterocycles. The van der Waals surface area contributed by atoms with E-state index in [1.807, 2.05) is 35.7 Å². The molecule has 3 rings (SSSR count). The Balaban J connectivity index is 1.95. The molecule has 1 fully saturated rings. The number of ketones is 1. The fourth-order valence-corrected chi connectivity index (χ4v) is 3.97. The van der Waals surface area contributed by atoms with Crippen LogP contribution >= 0.6 is 0 Å². The highest BCUT2D eigenvalue weighted by Crippen LogP contribution is 2.52. The van der Waals surface area contributed by atoms with Crippen molar-refractivity contribution < 1.29 is 25.3 Å². The number of quaternary nitrogens is 2. The molecule has 2 aliphatic rings. The molecule has 0 saturated heterocycles. The van der Waals surface area contributed by atoms with Crippen molar-refractivity contribution in [1.82, 2.24) is 0 Å². The Morgan fingerprint density at radius 1 is 1.38 bits per heavy atom. The van der Waals surface area contributed by atoms with E-state index in [0.717, 1.165) is 17.0 Å². The highest BCUT2D eigenvalue weighted by atomic mass is 16.5. The number of allylic oxidation sites excluding steroid dienone is 1. The van der Waals surface area contributed by atoms with Gasteiger partial charge in [-0.1, -0.05) is 12.1 Å². The highest BCUT2D eigenvalue weighted by molar-refractivity contribution is 5.91. The van der Waals surface area contributed by atoms with Gasteiger partial charge in [-0.15, -0.1) is 7.05 Å². The van der Waals surface area contributed by atoms with Gasteiger partial charge in [0, 0.05) is 18.9 Å². The van der Waals surface area contributed by atoms with E-state index in [4.69, 9.17) is 4.74 Å². The van der Waals surface area contributed by atoms with Gasteiger partial charge < -0.3 is 20.5 Å². The number of benzene rings is 1. The van der Waals surface area contributed by atoms with E-state index in [1.165, 1.54) is 6.08 Å². The van der Waals surface area contributed by atoms with Crippen LogP contribution in [-0.2, 0) is 4.79 Å². The first kappa shape index (κ1) is 16.9. The number of fused-ring (bicyclic) bond motifs is 1. The molecule has 5 nitrogen and oxygen atoms in total. The quantitative estimate of drug-likeness (QED) is 0.653. The summed E-state index contributed by atoms with van der Waals surface area (Å²) in [7, 11) is 9.56. The highest BCUT2D eigenvalue weighted by Gasteiger charge is 2.67. The van der Waals surface area contributed by atoms with E-state index in [1.54, 1.807) is 18.5 Å². The summed E-state index contributed by atoms with van der Waals surface area (Å²) >= 11 is 0. The minimum Gasteiger partial charge on any atom is -0.497 e. The van der Waals surface area contributed by atoms with Gasteiger partial charge in [-0.25, -0.2) is 0 Å². The number of ether oxygens (including phenoxy) is 1. The van der Waals surface area contributed by atoms with Gasteiger partial charge in [-0.3, -0.25) is 4.79 Å². The normalized spacial score (nSPS) is 32.2. The lowest BCUT2D eigenvalue weighted by Gasteiger charge is -2.58. The van der Waals surface area contributed by atoms with E-state index in [-0.39, 0.29) is 11.7 Å². The maximum Gasteiger partial charge on any atom is 0.156 e. The van der Waals surface area contributed by atoms with Gasteiger partial charge in [0.25, 0.3) is 0 Å². The number of aliphatic hydroxyl groups is 1. The minimum absolute atomic E-state index is 0.0449. The summed E-state index contributed by atoms with van der Waals surface area (Å²) in [4.78, 5) is 11.8. The van der Waals surface area contributed by atoms with Gasteiger partial charge in [0.15, 0.2) is 11.3 Å². The lowest BCUT2D eigenvalue weighted by molar-refractivity contribution is -0.731. The van der Waals surface area contributed by atoms with Crippen LogP contribution in [0.2, 0.25) is 0 Å². The minimum atomic E-state index is -0.926. The predicted molar refractivity (Wildman–Crippen MR) is 90.1 cm³/mol. The fraction of sp³-hybridized carbons (Fsp3) is 0.316. The third-order valence-electron chi connectivity index (χ3n) is 5.32. The molecular weight excluding hydrogens is 304 g/mol. The molecule has 1 aromatic carbocycles. The Bertz CT molecular complexity index is 695. The number of methoxy groups -OCH3 is 1. The molecule has 3 atom stereocenters. The van der Waals surface area contributed by atoms with Gasteiger partial charge in [0.2, 0.25) is 0 Å². The van der Waals surface area contributed by atoms with Crippen molar-refractivity contribution in [3.8, 4) is 5.75 Å². The summed E-state index contributed by atoms with van der Waals surface area (Å²) in [5.74, 6) is 0.651. The number of hydrogen-bond acceptors (Lipinski definition) is 3. The average Bonchev–Trinajstić information content (AvgIpc) is 2.60. The third kappa shape index (κ3) is 2.59. The molecule has 3 unspecified atom stereocenters. The molecule has 0 aliphatic heterocycles. The smallest absolute Gasteiger partial charge is 0.156 e. The summed E-state index contributed by atoms with van der Waals surface area (Å²) in [5, 5.41) is 14.4. The monoisotopic (exact) mass is 328 g/mol. The Morgan fingerprint density at radius 3 is 2.67 bits per heavy atom. The van der Waals surface area contributed by atoms with Crippen LogP contribution in [0.1, 0.15) is 18.4 Å². The average molecular weight is 328 g/mol. The largest absolute Gasteiger partial charge is 0.497 e. The maximum absolute atomic E-state index is 11.8. The van der Waals surface area contributed by atoms with Crippen LogP contribution in [0.15, 0.2) is 42.1 Å². The van der Waals surface area contributed by atoms with Crippen LogP contribution < -0.4 is 15.4 Å². The van der Waals surface area contributed by atoms with Crippen molar-refractivity contribution in [2.45, 2.75) is 24.0 Å². The van der Waals surface area contributed by atoms with Gasteiger partial charge >= 0.3 is 0 Å². The first-order valence-corrected chi connectivity index (χ1v) is 8.04. The maximum atomic E-state index is 11.8. The number of carbonyl (C=O) groups excluding carboxylic acids is 1. The Labute approximate surface area is 142 Å². The Hall–Kier alpha value is -1.95. The molecule has 24 heavy (non-hydrogen) atoms. The van der Waals surface area contributed by atoms with E-state index < -0.39 is 11.1 Å². The van der Waals surface area contributed by atoms with E-state index in [9.17, 15) is 9.90 Å². The molecule has 0 radical (unpaired) electrons. The topological polar surface area (TPSA) is 79.8 Å². The molecule has 2 aliphatic carbocycles. The summed E-state index contributed by atoms with van der Waals surface area (Å²) in [5.41, 5.74) is 0.626. The van der Waals surface area contributed by atoms with Crippen molar-refractivity contribution in [2.75, 3.05) is 7.11 Å². The zero-order chi connectivity index (χ0) is 17.4. The summed E-state index contributed by atoms with van der Waals surface area (Å²) in [6, 6.07) is 7.74. The fourth-order valence-electron chi connectivity index (χ4n) is 3.97. The molecule has 5 heteroatoms. The first-order chi connectivity index (χ1) is 11.5. The van der Waals surface area contributed by atoms with Crippen molar-refractivity contribution >= 4 is 11.9 Å². The zero-order valence-corrected chi connectivity index (χ0v) is 13.9. The van der Waals surface area contributed by atoms with Crippen LogP contribution in [-0.4, -0.2) is 29.1 Å². The number of nitrogens with two attached hydrogens (primary N) is 2. The predicted octanol–water partition coefficient (Wildman–Crippen LogP) is -0.235. The molecule has 1 aromatic rings. The second kappa shape index (κ2) is 6.16. The van der Waals surface area contributed by atoms with Gasteiger partial charge in [0.05, 0.1) is 18.6 Å². The van der Waals surface area contributed by atoms with Crippen LogP contribution in [0.3, 0.4) is 0 Å². The van der Waals surface area contributed by atoms with E-state index in [0.29, 0.717) is 12.8 Å². The summed E-state index contributed by atoms with van der Waals surface area (Å²) in [6.45, 7) is 0. The van der Waals surface area contributed by atoms with Crippen molar-refractivity contribution in [3.05, 3.63) is 61.8 Å². The van der Waals surface area contributed by atoms with E-state index >= 15 is 0 Å². The second-order valence-corrected chi connectivity index (χ2v) is 6.55. The second-order valence-electron chi connectivity index (χ2n) is 6.55. The molecule has 0 amide bonds. The van der Waals surface area contributed by atoms with Crippen LogP contribution in [0, 0.1) is 20.0 Å². The van der Waals surface area contributed by atoms with Gasteiger partial charge in [-0.05, 0) is 29.8 Å². The molecule has 1 saturated carbocycles. The molecule has 128 valence electrons. The third-order valence-corrected chi connectivity index (χ3v) is 5.32. The standard InChI is InChI=1S/C19H24N2O3/c1-20-17(10-13-4-6-15(24-3)7-5-13)19(21-2)12-18(23)9-8-14(22)11-16(18)19/h4-10,16,23H,1-2,11-12,20-21H2,3H3. The number of rotatable bonds is 5. The number of carbonyl (C=O) groups is 1. The molecule has 0 aromatic heterocycles. The number of hydrogen-bond donors (Lipinski definition) is 3. The van der Waals surface area contributed by atoms with Crippen molar-refractivity contribution in [2.24, 2.45) is 5.92 Å². The van der Waals surface area contributed by atoms with E-state index in [2.05, 4.69) is 14.1 Å². The summed E-state index contributed by atoms with van der Waals surface area (Å²) < 4.78 is 5.18.